The highest BCUT2D eigenvalue weighted by Crippen LogP contribution is 2.45. The van der Waals surface area contributed by atoms with E-state index in [1.54, 1.807) is 0 Å². The van der Waals surface area contributed by atoms with E-state index in [4.69, 9.17) is 0 Å². The van der Waals surface area contributed by atoms with Crippen LogP contribution in [-0.4, -0.2) is 45.9 Å². The van der Waals surface area contributed by atoms with Crippen molar-refractivity contribution in [1.82, 2.24) is 20.0 Å². The van der Waals surface area contributed by atoms with Crippen molar-refractivity contribution < 1.29 is 0 Å². The molecule has 2 unspecified atom stereocenters. The number of piperazine rings is 1. The summed E-state index contributed by atoms with van der Waals surface area (Å²) in [6, 6.07) is 2.75. The predicted octanol–water partition coefficient (Wildman–Crippen LogP) is 1.74. The Labute approximate surface area is 121 Å². The van der Waals surface area contributed by atoms with E-state index in [0.29, 0.717) is 5.54 Å². The van der Waals surface area contributed by atoms with Crippen molar-refractivity contribution in [3.63, 3.8) is 0 Å². The van der Waals surface area contributed by atoms with Crippen LogP contribution >= 0.6 is 0 Å². The quantitative estimate of drug-likeness (QED) is 0.888. The standard InChI is InChI=1S/C16H26N4/c1-16(14-5-6-14)12-17-15(13-3-4-13)11-19(16)9-10-20-8-2-7-18-20/h2,7-8,13-15,17H,3-6,9-12H2,1H3. The van der Waals surface area contributed by atoms with Crippen LogP contribution in [0.1, 0.15) is 32.6 Å². The fourth-order valence-electron chi connectivity index (χ4n) is 3.88. The second-order valence-electron chi connectivity index (χ2n) is 7.17. The van der Waals surface area contributed by atoms with E-state index >= 15 is 0 Å². The molecule has 1 aromatic rings. The molecule has 20 heavy (non-hydrogen) atoms. The van der Waals surface area contributed by atoms with E-state index in [1.807, 2.05) is 12.3 Å². The maximum absolute atomic E-state index is 4.35. The van der Waals surface area contributed by atoms with Crippen LogP contribution in [0.4, 0.5) is 0 Å². The first-order valence-corrected chi connectivity index (χ1v) is 8.21. The smallest absolute Gasteiger partial charge is 0.0536 e. The molecule has 2 atom stereocenters. The molecule has 0 bridgehead atoms. The Balaban J connectivity index is 1.45. The number of hydrogen-bond acceptors (Lipinski definition) is 3. The van der Waals surface area contributed by atoms with Crippen molar-refractivity contribution >= 4 is 0 Å². The van der Waals surface area contributed by atoms with Crippen LogP contribution in [0.15, 0.2) is 18.5 Å². The first-order valence-electron chi connectivity index (χ1n) is 8.21. The van der Waals surface area contributed by atoms with Gasteiger partial charge in [0.05, 0.1) is 6.54 Å². The van der Waals surface area contributed by atoms with E-state index < -0.39 is 0 Å². The summed E-state index contributed by atoms with van der Waals surface area (Å²) in [6.07, 6.45) is 9.67. The summed E-state index contributed by atoms with van der Waals surface area (Å²) in [5, 5.41) is 8.20. The van der Waals surface area contributed by atoms with Gasteiger partial charge in [-0.3, -0.25) is 9.58 Å². The van der Waals surface area contributed by atoms with Gasteiger partial charge in [-0.2, -0.15) is 5.10 Å². The first kappa shape index (κ1) is 12.8. The minimum absolute atomic E-state index is 0.374. The molecule has 3 fully saturated rings. The zero-order valence-electron chi connectivity index (χ0n) is 12.5. The Kier molecular flexibility index (Phi) is 3.11. The summed E-state index contributed by atoms with van der Waals surface area (Å²) in [7, 11) is 0. The number of nitrogens with zero attached hydrogens (tertiary/aromatic N) is 3. The van der Waals surface area contributed by atoms with Gasteiger partial charge in [-0.15, -0.1) is 0 Å². The second kappa shape index (κ2) is 4.85. The molecule has 0 radical (unpaired) electrons. The zero-order chi connectivity index (χ0) is 13.6. The molecular formula is C16H26N4. The third kappa shape index (κ3) is 2.40. The molecule has 4 heteroatoms. The fraction of sp³-hybridized carbons (Fsp3) is 0.812. The highest BCUT2D eigenvalue weighted by atomic mass is 15.3. The summed E-state index contributed by atoms with van der Waals surface area (Å²) < 4.78 is 2.07. The molecule has 0 amide bonds. The molecule has 3 aliphatic rings. The summed E-state index contributed by atoms with van der Waals surface area (Å²) in [5.41, 5.74) is 0.374. The highest BCUT2D eigenvalue weighted by Gasteiger charge is 2.49. The van der Waals surface area contributed by atoms with E-state index in [1.165, 1.54) is 38.8 Å². The number of nitrogens with one attached hydrogen (secondary N) is 1. The minimum atomic E-state index is 0.374. The SMILES string of the molecule is CC1(C2CC2)CNC(C2CC2)CN1CCn1cccn1. The molecule has 1 saturated heterocycles. The highest BCUT2D eigenvalue weighted by molar-refractivity contribution is 5.06. The molecule has 0 spiro atoms. The van der Waals surface area contributed by atoms with Crippen LogP contribution < -0.4 is 5.32 Å². The van der Waals surface area contributed by atoms with Gasteiger partial charge in [0, 0.05) is 43.6 Å². The van der Waals surface area contributed by atoms with Gasteiger partial charge in [-0.05, 0) is 50.5 Å². The van der Waals surface area contributed by atoms with Crippen molar-refractivity contribution in [2.24, 2.45) is 11.8 Å². The monoisotopic (exact) mass is 274 g/mol. The Bertz CT molecular complexity index is 449. The molecular weight excluding hydrogens is 248 g/mol. The number of hydrogen-bond donors (Lipinski definition) is 1. The van der Waals surface area contributed by atoms with Crippen LogP contribution in [0.3, 0.4) is 0 Å². The van der Waals surface area contributed by atoms with Gasteiger partial charge in [0.1, 0.15) is 0 Å². The summed E-state index contributed by atoms with van der Waals surface area (Å²) >= 11 is 0. The molecule has 2 aliphatic carbocycles. The van der Waals surface area contributed by atoms with Crippen LogP contribution in [-0.2, 0) is 6.54 Å². The van der Waals surface area contributed by atoms with E-state index in [2.05, 4.69) is 33.1 Å². The van der Waals surface area contributed by atoms with Crippen molar-refractivity contribution in [2.75, 3.05) is 19.6 Å². The van der Waals surface area contributed by atoms with Crippen molar-refractivity contribution in [1.29, 1.82) is 0 Å². The molecule has 110 valence electrons. The van der Waals surface area contributed by atoms with E-state index in [9.17, 15) is 0 Å². The van der Waals surface area contributed by atoms with Crippen molar-refractivity contribution in [2.45, 2.75) is 50.7 Å². The van der Waals surface area contributed by atoms with Crippen LogP contribution in [0.25, 0.3) is 0 Å². The van der Waals surface area contributed by atoms with Crippen molar-refractivity contribution in [3.8, 4) is 0 Å². The molecule has 2 heterocycles. The third-order valence-electron chi connectivity index (χ3n) is 5.67. The normalized spacial score (nSPS) is 35.4. The summed E-state index contributed by atoms with van der Waals surface area (Å²) in [6.45, 7) is 7.05. The van der Waals surface area contributed by atoms with Gasteiger partial charge < -0.3 is 5.32 Å². The van der Waals surface area contributed by atoms with Crippen LogP contribution in [0, 0.1) is 11.8 Å². The van der Waals surface area contributed by atoms with E-state index in [0.717, 1.165) is 31.0 Å². The summed E-state index contributed by atoms with van der Waals surface area (Å²) in [4.78, 5) is 2.77. The Morgan fingerprint density at radius 1 is 1.25 bits per heavy atom. The molecule has 1 aliphatic heterocycles. The molecule has 4 nitrogen and oxygen atoms in total. The maximum atomic E-state index is 4.35. The first-order chi connectivity index (χ1) is 9.75. The summed E-state index contributed by atoms with van der Waals surface area (Å²) in [5.74, 6) is 1.86. The Morgan fingerprint density at radius 3 is 2.75 bits per heavy atom. The Hall–Kier alpha value is -0.870. The number of rotatable bonds is 5. The van der Waals surface area contributed by atoms with Gasteiger partial charge >= 0.3 is 0 Å². The molecule has 2 saturated carbocycles. The predicted molar refractivity (Wildman–Crippen MR) is 79.4 cm³/mol. The van der Waals surface area contributed by atoms with Crippen LogP contribution in [0.2, 0.25) is 0 Å². The molecule has 1 aromatic heterocycles. The topological polar surface area (TPSA) is 33.1 Å². The lowest BCUT2D eigenvalue weighted by Gasteiger charge is -2.49. The lowest BCUT2D eigenvalue weighted by Crippen LogP contribution is -2.65. The van der Waals surface area contributed by atoms with Crippen molar-refractivity contribution in [3.05, 3.63) is 18.5 Å². The number of aromatic nitrogens is 2. The van der Waals surface area contributed by atoms with Crippen LogP contribution in [0.5, 0.6) is 0 Å². The minimum Gasteiger partial charge on any atom is -0.311 e. The van der Waals surface area contributed by atoms with Gasteiger partial charge in [-0.25, -0.2) is 0 Å². The van der Waals surface area contributed by atoms with E-state index in [-0.39, 0.29) is 0 Å². The average molecular weight is 274 g/mol. The lowest BCUT2D eigenvalue weighted by atomic mass is 9.88. The van der Waals surface area contributed by atoms with Gasteiger partial charge in [0.25, 0.3) is 0 Å². The lowest BCUT2D eigenvalue weighted by molar-refractivity contribution is 0.0270. The largest absolute Gasteiger partial charge is 0.311 e. The third-order valence-corrected chi connectivity index (χ3v) is 5.67. The molecule has 4 rings (SSSR count). The Morgan fingerprint density at radius 2 is 2.10 bits per heavy atom. The van der Waals surface area contributed by atoms with Gasteiger partial charge in [0.15, 0.2) is 0 Å². The molecule has 1 N–H and O–H groups in total. The average Bonchev–Trinajstić information content (AvgIpc) is 3.36. The fourth-order valence-corrected chi connectivity index (χ4v) is 3.88. The van der Waals surface area contributed by atoms with Gasteiger partial charge in [-0.1, -0.05) is 0 Å². The molecule has 0 aromatic carbocycles. The maximum Gasteiger partial charge on any atom is 0.0536 e. The second-order valence-corrected chi connectivity index (χ2v) is 7.17. The zero-order valence-corrected chi connectivity index (χ0v) is 12.5. The van der Waals surface area contributed by atoms with Gasteiger partial charge in [0.2, 0.25) is 0 Å².